The minimum atomic E-state index is 0. The molecule has 2 aliphatic rings. The van der Waals surface area contributed by atoms with Crippen LogP contribution in [0.25, 0.3) is 0 Å². The van der Waals surface area contributed by atoms with E-state index in [2.05, 4.69) is 37.1 Å². The average molecular weight is 517 g/mol. The third kappa shape index (κ3) is 6.89. The first-order valence-corrected chi connectivity index (χ1v) is 10.3. The highest BCUT2D eigenvalue weighted by Crippen LogP contribution is 2.28. The van der Waals surface area contributed by atoms with Gasteiger partial charge in [-0.2, -0.15) is 0 Å². The second-order valence-corrected chi connectivity index (χ2v) is 7.38. The summed E-state index contributed by atoms with van der Waals surface area (Å²) in [5, 5.41) is 3.56. The maximum Gasteiger partial charge on any atom is 0.193 e. The van der Waals surface area contributed by atoms with Gasteiger partial charge in [0.15, 0.2) is 5.96 Å². The zero-order chi connectivity index (χ0) is 19.8. The topological polar surface area (TPSA) is 52.6 Å². The summed E-state index contributed by atoms with van der Waals surface area (Å²) in [5.41, 5.74) is 1.17. The van der Waals surface area contributed by atoms with Crippen LogP contribution in [0.2, 0.25) is 0 Å². The molecule has 0 bridgehead atoms. The SMILES string of the molecule is CN=C(NCCN(CCOC)C1CC1)N1CCN(c2ccccc2OC)CC1.I. The van der Waals surface area contributed by atoms with Crippen molar-refractivity contribution >= 4 is 35.6 Å². The lowest BCUT2D eigenvalue weighted by molar-refractivity contribution is 0.144. The Balaban J connectivity index is 0.00000300. The van der Waals surface area contributed by atoms with E-state index < -0.39 is 0 Å². The third-order valence-electron chi connectivity index (χ3n) is 5.54. The van der Waals surface area contributed by atoms with E-state index in [1.807, 2.05) is 19.2 Å². The lowest BCUT2D eigenvalue weighted by Gasteiger charge is -2.38. The van der Waals surface area contributed by atoms with E-state index in [0.29, 0.717) is 0 Å². The van der Waals surface area contributed by atoms with Crippen LogP contribution in [0.5, 0.6) is 5.75 Å². The minimum absolute atomic E-state index is 0. The number of nitrogens with one attached hydrogen (secondary N) is 1. The third-order valence-corrected chi connectivity index (χ3v) is 5.54. The molecule has 0 aromatic heterocycles. The van der Waals surface area contributed by atoms with E-state index in [9.17, 15) is 0 Å². The number of benzene rings is 1. The van der Waals surface area contributed by atoms with Crippen LogP contribution in [-0.4, -0.2) is 95.5 Å². The minimum Gasteiger partial charge on any atom is -0.495 e. The lowest BCUT2D eigenvalue weighted by Crippen LogP contribution is -2.53. The van der Waals surface area contributed by atoms with Gasteiger partial charge in [-0.05, 0) is 25.0 Å². The predicted molar refractivity (Wildman–Crippen MR) is 130 cm³/mol. The maximum atomic E-state index is 5.52. The van der Waals surface area contributed by atoms with Crippen LogP contribution in [-0.2, 0) is 4.74 Å². The van der Waals surface area contributed by atoms with Crippen LogP contribution >= 0.6 is 24.0 Å². The van der Waals surface area contributed by atoms with Gasteiger partial charge in [-0.3, -0.25) is 9.89 Å². The maximum absolute atomic E-state index is 5.52. The van der Waals surface area contributed by atoms with E-state index in [4.69, 9.17) is 9.47 Å². The average Bonchev–Trinajstić information content (AvgIpc) is 3.59. The molecule has 1 saturated carbocycles. The molecular weight excluding hydrogens is 481 g/mol. The van der Waals surface area contributed by atoms with E-state index >= 15 is 0 Å². The van der Waals surface area contributed by atoms with E-state index in [-0.39, 0.29) is 24.0 Å². The fourth-order valence-corrected chi connectivity index (χ4v) is 3.82. The summed E-state index contributed by atoms with van der Waals surface area (Å²) in [6, 6.07) is 9.00. The van der Waals surface area contributed by atoms with Gasteiger partial charge in [0, 0.05) is 66.0 Å². The number of nitrogens with zero attached hydrogens (tertiary/aromatic N) is 4. The van der Waals surface area contributed by atoms with E-state index in [1.54, 1.807) is 14.2 Å². The van der Waals surface area contributed by atoms with Crippen LogP contribution in [0.15, 0.2) is 29.3 Å². The zero-order valence-electron chi connectivity index (χ0n) is 18.0. The van der Waals surface area contributed by atoms with Gasteiger partial charge in [0.05, 0.1) is 19.4 Å². The molecule has 1 aliphatic heterocycles. The van der Waals surface area contributed by atoms with E-state index in [1.165, 1.54) is 18.5 Å². The number of hydrogen-bond acceptors (Lipinski definition) is 5. The lowest BCUT2D eigenvalue weighted by atomic mass is 10.2. The van der Waals surface area contributed by atoms with Crippen molar-refractivity contribution in [1.82, 2.24) is 15.1 Å². The summed E-state index contributed by atoms with van der Waals surface area (Å²) in [5.74, 6) is 1.94. The van der Waals surface area contributed by atoms with Crippen molar-refractivity contribution in [2.75, 3.05) is 78.6 Å². The van der Waals surface area contributed by atoms with Crippen molar-refractivity contribution in [2.45, 2.75) is 18.9 Å². The number of aliphatic imine (C=N–C) groups is 1. The first-order valence-electron chi connectivity index (χ1n) is 10.3. The Hall–Kier alpha value is -1.26. The molecule has 1 N–H and O–H groups in total. The monoisotopic (exact) mass is 517 g/mol. The van der Waals surface area contributed by atoms with Gasteiger partial charge in [0.1, 0.15) is 5.75 Å². The van der Waals surface area contributed by atoms with Crippen LogP contribution in [0, 0.1) is 0 Å². The smallest absolute Gasteiger partial charge is 0.193 e. The molecule has 29 heavy (non-hydrogen) atoms. The summed E-state index contributed by atoms with van der Waals surface area (Å²) in [6.45, 7) is 7.59. The molecule has 2 fully saturated rings. The van der Waals surface area contributed by atoms with Crippen molar-refractivity contribution < 1.29 is 9.47 Å². The number of methoxy groups -OCH3 is 2. The van der Waals surface area contributed by atoms with Crippen LogP contribution in [0.4, 0.5) is 5.69 Å². The Morgan fingerprint density at radius 3 is 2.48 bits per heavy atom. The second-order valence-electron chi connectivity index (χ2n) is 7.38. The summed E-state index contributed by atoms with van der Waals surface area (Å²) >= 11 is 0. The molecule has 7 nitrogen and oxygen atoms in total. The number of anilines is 1. The number of para-hydroxylation sites is 2. The summed E-state index contributed by atoms with van der Waals surface area (Å²) in [4.78, 5) is 11.8. The van der Waals surface area contributed by atoms with Crippen molar-refractivity contribution in [3.63, 3.8) is 0 Å². The molecular formula is C21H36IN5O2. The predicted octanol–water partition coefficient (Wildman–Crippen LogP) is 2.12. The highest BCUT2D eigenvalue weighted by Gasteiger charge is 2.28. The zero-order valence-corrected chi connectivity index (χ0v) is 20.3. The second kappa shape index (κ2) is 12.4. The van der Waals surface area contributed by atoms with Crippen molar-refractivity contribution in [1.29, 1.82) is 0 Å². The summed E-state index contributed by atoms with van der Waals surface area (Å²) in [7, 11) is 5.38. The molecule has 0 amide bonds. The molecule has 1 aromatic rings. The molecule has 0 radical (unpaired) electrons. The quantitative estimate of drug-likeness (QED) is 0.308. The Labute approximate surface area is 192 Å². The van der Waals surface area contributed by atoms with Gasteiger partial charge in [-0.25, -0.2) is 0 Å². The van der Waals surface area contributed by atoms with Gasteiger partial charge < -0.3 is 24.6 Å². The molecule has 1 heterocycles. The highest BCUT2D eigenvalue weighted by molar-refractivity contribution is 14.0. The van der Waals surface area contributed by atoms with E-state index in [0.717, 1.165) is 70.2 Å². The first kappa shape index (κ1) is 24.0. The number of halogens is 1. The van der Waals surface area contributed by atoms with Gasteiger partial charge >= 0.3 is 0 Å². The molecule has 8 heteroatoms. The Kier molecular flexibility index (Phi) is 10.3. The fraction of sp³-hybridized carbons (Fsp3) is 0.667. The van der Waals surface area contributed by atoms with Crippen molar-refractivity contribution in [2.24, 2.45) is 4.99 Å². The molecule has 0 unspecified atom stereocenters. The fourth-order valence-electron chi connectivity index (χ4n) is 3.82. The molecule has 0 atom stereocenters. The number of rotatable bonds is 9. The van der Waals surface area contributed by atoms with Crippen LogP contribution < -0.4 is 15.0 Å². The standard InChI is InChI=1S/C21H35N5O2.HI/c1-22-21(23-10-11-24(16-17-27-2)18-8-9-18)26-14-12-25(13-15-26)19-6-4-5-7-20(19)28-3;/h4-7,18H,8-17H2,1-3H3,(H,22,23);1H. The molecule has 1 aromatic carbocycles. The molecule has 3 rings (SSSR count). The Morgan fingerprint density at radius 2 is 1.86 bits per heavy atom. The van der Waals surface area contributed by atoms with Gasteiger partial charge in [-0.15, -0.1) is 24.0 Å². The normalized spacial score (nSPS) is 17.3. The van der Waals surface area contributed by atoms with Crippen LogP contribution in [0.3, 0.4) is 0 Å². The van der Waals surface area contributed by atoms with Crippen molar-refractivity contribution in [3.8, 4) is 5.75 Å². The number of guanidine groups is 1. The van der Waals surface area contributed by atoms with Crippen molar-refractivity contribution in [3.05, 3.63) is 24.3 Å². The molecule has 1 saturated heterocycles. The molecule has 0 spiro atoms. The van der Waals surface area contributed by atoms with Gasteiger partial charge in [0.25, 0.3) is 0 Å². The number of piperazine rings is 1. The largest absolute Gasteiger partial charge is 0.495 e. The van der Waals surface area contributed by atoms with Crippen LogP contribution in [0.1, 0.15) is 12.8 Å². The Bertz CT molecular complexity index is 633. The molecule has 164 valence electrons. The molecule has 1 aliphatic carbocycles. The Morgan fingerprint density at radius 1 is 1.14 bits per heavy atom. The van der Waals surface area contributed by atoms with Gasteiger partial charge in [-0.1, -0.05) is 12.1 Å². The summed E-state index contributed by atoms with van der Waals surface area (Å²) in [6.07, 6.45) is 2.65. The number of ether oxygens (including phenoxy) is 2. The number of hydrogen-bond donors (Lipinski definition) is 1. The summed E-state index contributed by atoms with van der Waals surface area (Å²) < 4.78 is 10.8. The first-order chi connectivity index (χ1) is 13.8. The van der Waals surface area contributed by atoms with Gasteiger partial charge in [0.2, 0.25) is 0 Å². The highest BCUT2D eigenvalue weighted by atomic mass is 127.